The number of fused-ring (bicyclic) bond motifs is 3. The van der Waals surface area contributed by atoms with Crippen LogP contribution in [0.4, 0.5) is 0 Å². The average molecular weight is 419 g/mol. The van der Waals surface area contributed by atoms with Crippen molar-refractivity contribution < 1.29 is 0 Å². The first-order valence-corrected chi connectivity index (χ1v) is 11.4. The lowest BCUT2D eigenvalue weighted by molar-refractivity contribution is 0.212. The van der Waals surface area contributed by atoms with Gasteiger partial charge in [0.25, 0.3) is 5.56 Å². The van der Waals surface area contributed by atoms with Crippen molar-refractivity contribution in [3.63, 3.8) is 0 Å². The lowest BCUT2D eigenvalue weighted by Gasteiger charge is -2.44. The van der Waals surface area contributed by atoms with Crippen LogP contribution >= 0.6 is 24.2 Å². The third-order valence-electron chi connectivity index (χ3n) is 6.63. The lowest BCUT2D eigenvalue weighted by Crippen LogP contribution is -2.45. The molecule has 0 bridgehead atoms. The molecule has 2 aromatic rings. The first-order chi connectivity index (χ1) is 13.1. The quantitative estimate of drug-likeness (QED) is 0.460. The number of aromatic nitrogens is 2. The zero-order valence-corrected chi connectivity index (χ0v) is 18.8. The van der Waals surface area contributed by atoms with E-state index in [4.69, 9.17) is 4.98 Å². The van der Waals surface area contributed by atoms with Crippen LogP contribution in [0.2, 0.25) is 0 Å². The van der Waals surface area contributed by atoms with Gasteiger partial charge in [0.2, 0.25) is 0 Å². The van der Waals surface area contributed by atoms with E-state index in [2.05, 4.69) is 45.0 Å². The van der Waals surface area contributed by atoms with Gasteiger partial charge in [0.1, 0.15) is 0 Å². The van der Waals surface area contributed by atoms with Gasteiger partial charge in [0, 0.05) is 17.5 Å². The summed E-state index contributed by atoms with van der Waals surface area (Å²) in [6.07, 6.45) is 7.33. The molecule has 5 heteroatoms. The monoisotopic (exact) mass is 418 g/mol. The number of thioether (sulfide) groups is 1. The first kappa shape index (κ1) is 21.4. The van der Waals surface area contributed by atoms with Gasteiger partial charge >= 0.3 is 0 Å². The molecule has 1 aromatic carbocycles. The molecule has 2 aliphatic rings. The second-order valence-electron chi connectivity index (χ2n) is 8.19. The molecule has 3 nitrogen and oxygen atoms in total. The molecule has 0 aliphatic heterocycles. The van der Waals surface area contributed by atoms with Crippen molar-refractivity contribution in [1.29, 1.82) is 0 Å². The Kier molecular flexibility index (Phi) is 6.61. The van der Waals surface area contributed by atoms with E-state index < -0.39 is 0 Å². The summed E-state index contributed by atoms with van der Waals surface area (Å²) in [6.45, 7) is 7.21. The standard InChI is InChI=1S/C23H30N2OS.ClH/c1-4-25-21(26)19-20(24-22(25)27-5-2)18-14-10-9-11-16(18)15-23(19,3)17-12-7-6-8-13-17;/h9-11,14,17H,4-8,12-13,15H2,1-3H3;1H. The molecule has 1 unspecified atom stereocenters. The van der Waals surface area contributed by atoms with E-state index in [0.29, 0.717) is 12.5 Å². The number of halogens is 1. The van der Waals surface area contributed by atoms with Gasteiger partial charge in [-0.2, -0.15) is 0 Å². The van der Waals surface area contributed by atoms with Crippen molar-refractivity contribution >= 4 is 24.2 Å². The summed E-state index contributed by atoms with van der Waals surface area (Å²) in [6, 6.07) is 8.59. The molecule has 152 valence electrons. The van der Waals surface area contributed by atoms with Crippen LogP contribution in [-0.2, 0) is 18.4 Å². The van der Waals surface area contributed by atoms with Crippen molar-refractivity contribution in [2.75, 3.05) is 5.75 Å². The van der Waals surface area contributed by atoms with Gasteiger partial charge in [-0.15, -0.1) is 12.4 Å². The van der Waals surface area contributed by atoms with Gasteiger partial charge in [-0.25, -0.2) is 4.98 Å². The van der Waals surface area contributed by atoms with Crippen molar-refractivity contribution in [1.82, 2.24) is 9.55 Å². The summed E-state index contributed by atoms with van der Waals surface area (Å²) in [5.41, 5.74) is 4.54. The molecule has 0 amide bonds. The lowest BCUT2D eigenvalue weighted by atomic mass is 9.60. The molecule has 0 N–H and O–H groups in total. The minimum Gasteiger partial charge on any atom is -0.288 e. The van der Waals surface area contributed by atoms with Crippen LogP contribution < -0.4 is 5.56 Å². The molecule has 1 fully saturated rings. The van der Waals surface area contributed by atoms with Gasteiger partial charge in [0.05, 0.1) is 11.3 Å². The van der Waals surface area contributed by atoms with Crippen molar-refractivity contribution in [2.45, 2.75) is 76.4 Å². The maximum absolute atomic E-state index is 13.7. The predicted octanol–water partition coefficient (Wildman–Crippen LogP) is 5.86. The molecule has 0 spiro atoms. The van der Waals surface area contributed by atoms with Crippen molar-refractivity contribution in [2.24, 2.45) is 5.92 Å². The Morgan fingerprint density at radius 2 is 1.89 bits per heavy atom. The Morgan fingerprint density at radius 3 is 2.57 bits per heavy atom. The van der Waals surface area contributed by atoms with Crippen molar-refractivity contribution in [3.8, 4) is 11.3 Å². The third-order valence-corrected chi connectivity index (χ3v) is 7.49. The fourth-order valence-electron chi connectivity index (χ4n) is 5.24. The van der Waals surface area contributed by atoms with Crippen LogP contribution in [0.1, 0.15) is 64.0 Å². The molecule has 4 rings (SSSR count). The summed E-state index contributed by atoms with van der Waals surface area (Å²) in [5.74, 6) is 1.50. The van der Waals surface area contributed by atoms with Crippen LogP contribution in [-0.4, -0.2) is 15.3 Å². The van der Waals surface area contributed by atoms with E-state index >= 15 is 0 Å². The first-order valence-electron chi connectivity index (χ1n) is 10.5. The number of hydrogen-bond donors (Lipinski definition) is 0. The number of nitrogens with zero attached hydrogens (tertiary/aromatic N) is 2. The van der Waals surface area contributed by atoms with Crippen LogP contribution in [0.25, 0.3) is 11.3 Å². The van der Waals surface area contributed by atoms with Crippen LogP contribution in [0, 0.1) is 5.92 Å². The fraction of sp³-hybridized carbons (Fsp3) is 0.565. The summed E-state index contributed by atoms with van der Waals surface area (Å²) >= 11 is 1.68. The largest absolute Gasteiger partial charge is 0.288 e. The van der Waals surface area contributed by atoms with E-state index in [1.54, 1.807) is 11.8 Å². The van der Waals surface area contributed by atoms with Gasteiger partial charge < -0.3 is 0 Å². The van der Waals surface area contributed by atoms with E-state index in [1.807, 2.05) is 4.57 Å². The highest BCUT2D eigenvalue weighted by molar-refractivity contribution is 7.99. The topological polar surface area (TPSA) is 34.9 Å². The molecule has 1 aromatic heterocycles. The zero-order chi connectivity index (χ0) is 19.0. The molecule has 1 atom stereocenters. The normalized spacial score (nSPS) is 21.5. The van der Waals surface area contributed by atoms with Gasteiger partial charge in [-0.3, -0.25) is 9.36 Å². The zero-order valence-electron chi connectivity index (χ0n) is 17.2. The van der Waals surface area contributed by atoms with Gasteiger partial charge in [-0.05, 0) is 43.4 Å². The summed E-state index contributed by atoms with van der Waals surface area (Å²) in [7, 11) is 0. The number of rotatable bonds is 4. The molecule has 0 saturated heterocycles. The average Bonchev–Trinajstić information content (AvgIpc) is 2.69. The van der Waals surface area contributed by atoms with Gasteiger partial charge in [0.15, 0.2) is 5.16 Å². The van der Waals surface area contributed by atoms with Crippen LogP contribution in [0.3, 0.4) is 0 Å². The second kappa shape index (κ2) is 8.62. The SMILES string of the molecule is CCSc1nc2c(c(=O)n1CC)C(C)(C1CCCCC1)Cc1ccccc1-2.Cl. The summed E-state index contributed by atoms with van der Waals surface area (Å²) in [4.78, 5) is 18.8. The van der Waals surface area contributed by atoms with Crippen LogP contribution in [0.15, 0.2) is 34.2 Å². The highest BCUT2D eigenvalue weighted by atomic mass is 35.5. The van der Waals surface area contributed by atoms with E-state index in [9.17, 15) is 4.79 Å². The minimum atomic E-state index is -0.111. The van der Waals surface area contributed by atoms with Gasteiger partial charge in [-0.1, -0.05) is 69.1 Å². The molecule has 0 radical (unpaired) electrons. The van der Waals surface area contributed by atoms with E-state index in [-0.39, 0.29) is 23.4 Å². The molecule has 2 aliphatic carbocycles. The highest BCUT2D eigenvalue weighted by Crippen LogP contribution is 2.49. The molecule has 1 saturated carbocycles. The Labute approximate surface area is 178 Å². The minimum absolute atomic E-state index is 0. The summed E-state index contributed by atoms with van der Waals surface area (Å²) in [5, 5.41) is 0.867. The highest BCUT2D eigenvalue weighted by Gasteiger charge is 2.44. The Balaban J connectivity index is 0.00000225. The predicted molar refractivity (Wildman–Crippen MR) is 121 cm³/mol. The fourth-order valence-corrected chi connectivity index (χ4v) is 6.02. The molecular formula is C23H31ClN2OS. The molecule has 28 heavy (non-hydrogen) atoms. The smallest absolute Gasteiger partial charge is 0.258 e. The van der Waals surface area contributed by atoms with Crippen molar-refractivity contribution in [3.05, 3.63) is 45.7 Å². The van der Waals surface area contributed by atoms with E-state index in [0.717, 1.165) is 28.6 Å². The second-order valence-corrected chi connectivity index (χ2v) is 9.42. The Hall–Kier alpha value is -1.26. The maximum Gasteiger partial charge on any atom is 0.258 e. The number of hydrogen-bond acceptors (Lipinski definition) is 3. The summed E-state index contributed by atoms with van der Waals surface area (Å²) < 4.78 is 1.90. The Bertz CT molecular complexity index is 904. The Morgan fingerprint density at radius 1 is 1.18 bits per heavy atom. The number of benzene rings is 1. The van der Waals surface area contributed by atoms with Crippen LogP contribution in [0.5, 0.6) is 0 Å². The van der Waals surface area contributed by atoms with E-state index in [1.165, 1.54) is 43.2 Å². The maximum atomic E-state index is 13.7. The third kappa shape index (κ3) is 3.43. The molecular weight excluding hydrogens is 388 g/mol. The molecule has 1 heterocycles.